The number of nitrogens with one attached hydrogen (secondary N) is 1. The Bertz CT molecular complexity index is 470. The van der Waals surface area contributed by atoms with Crippen LogP contribution in [-0.2, 0) is 4.79 Å². The fourth-order valence-corrected chi connectivity index (χ4v) is 2.71. The molecule has 0 aromatic heterocycles. The maximum atomic E-state index is 13.0. The molecule has 1 unspecified atom stereocenters. The molecule has 1 aromatic carbocycles. The molecule has 3 nitrogen and oxygen atoms in total. The summed E-state index contributed by atoms with van der Waals surface area (Å²) in [6.45, 7) is 4.22. The summed E-state index contributed by atoms with van der Waals surface area (Å²) < 4.78 is 25.8. The Morgan fingerprint density at radius 2 is 2.10 bits per heavy atom. The molecule has 1 atom stereocenters. The van der Waals surface area contributed by atoms with Crippen LogP contribution in [-0.4, -0.2) is 28.9 Å². The highest BCUT2D eigenvalue weighted by Crippen LogP contribution is 2.23. The van der Waals surface area contributed by atoms with Crippen molar-refractivity contribution < 1.29 is 18.7 Å². The van der Waals surface area contributed by atoms with E-state index in [1.807, 2.05) is 6.92 Å². The lowest BCUT2D eigenvalue weighted by atomic mass is 9.99. The quantitative estimate of drug-likeness (QED) is 0.724. The van der Waals surface area contributed by atoms with Gasteiger partial charge in [-0.1, -0.05) is 6.92 Å². The lowest BCUT2D eigenvalue weighted by Crippen LogP contribution is -2.50. The lowest BCUT2D eigenvalue weighted by molar-refractivity contribution is -0.144. The van der Waals surface area contributed by atoms with E-state index in [1.54, 1.807) is 6.92 Å². The number of halogens is 2. The standard InChI is InChI=1S/C14H19F2NO2S/c1-3-7-17-14(2,13(18)19)6-8-20-10-4-5-11(15)12(16)9-10/h4-5,9,17H,3,6-8H2,1-2H3,(H,18,19). The average molecular weight is 303 g/mol. The molecule has 6 heteroatoms. The van der Waals surface area contributed by atoms with Crippen LogP contribution in [0.1, 0.15) is 26.7 Å². The van der Waals surface area contributed by atoms with Crippen molar-refractivity contribution >= 4 is 17.7 Å². The number of rotatable bonds is 8. The lowest BCUT2D eigenvalue weighted by Gasteiger charge is -2.26. The minimum absolute atomic E-state index is 0.395. The van der Waals surface area contributed by atoms with Gasteiger partial charge in [-0.05, 0) is 44.5 Å². The van der Waals surface area contributed by atoms with Crippen LogP contribution in [0.25, 0.3) is 0 Å². The number of carbonyl (C=O) groups is 1. The third-order valence-corrected chi connectivity index (χ3v) is 3.99. The highest BCUT2D eigenvalue weighted by Gasteiger charge is 2.31. The summed E-state index contributed by atoms with van der Waals surface area (Å²) in [6, 6.07) is 3.68. The molecule has 0 spiro atoms. The second-order valence-corrected chi connectivity index (χ2v) is 5.91. The first-order valence-electron chi connectivity index (χ1n) is 6.45. The predicted octanol–water partition coefficient (Wildman–Crippen LogP) is 3.29. The fraction of sp³-hybridized carbons (Fsp3) is 0.500. The molecule has 0 aliphatic carbocycles. The summed E-state index contributed by atoms with van der Waals surface area (Å²) in [5.74, 6) is -2.17. The second kappa shape index (κ2) is 7.59. The third-order valence-electron chi connectivity index (χ3n) is 3.00. The van der Waals surface area contributed by atoms with Gasteiger partial charge in [0.05, 0.1) is 0 Å². The van der Waals surface area contributed by atoms with Gasteiger partial charge < -0.3 is 10.4 Å². The number of hydrogen-bond donors (Lipinski definition) is 2. The zero-order chi connectivity index (χ0) is 15.2. The summed E-state index contributed by atoms with van der Waals surface area (Å²) >= 11 is 1.31. The van der Waals surface area contributed by atoms with Crippen LogP contribution in [0.2, 0.25) is 0 Å². The summed E-state index contributed by atoms with van der Waals surface area (Å²) in [5.41, 5.74) is -0.998. The Hall–Kier alpha value is -1.14. The van der Waals surface area contributed by atoms with E-state index >= 15 is 0 Å². The number of thioether (sulfide) groups is 1. The van der Waals surface area contributed by atoms with E-state index in [0.29, 0.717) is 23.6 Å². The highest BCUT2D eigenvalue weighted by atomic mass is 32.2. The van der Waals surface area contributed by atoms with Crippen LogP contribution < -0.4 is 5.32 Å². The van der Waals surface area contributed by atoms with Gasteiger partial charge >= 0.3 is 5.97 Å². The van der Waals surface area contributed by atoms with Crippen molar-refractivity contribution in [2.45, 2.75) is 37.1 Å². The Morgan fingerprint density at radius 3 is 2.65 bits per heavy atom. The van der Waals surface area contributed by atoms with E-state index in [0.717, 1.165) is 18.6 Å². The van der Waals surface area contributed by atoms with Crippen LogP contribution in [0.5, 0.6) is 0 Å². The number of benzene rings is 1. The largest absolute Gasteiger partial charge is 0.480 e. The molecule has 0 radical (unpaired) electrons. The number of hydrogen-bond acceptors (Lipinski definition) is 3. The first-order chi connectivity index (χ1) is 9.39. The van der Waals surface area contributed by atoms with Crippen molar-refractivity contribution in [1.82, 2.24) is 5.32 Å². The molecule has 20 heavy (non-hydrogen) atoms. The van der Waals surface area contributed by atoms with Crippen molar-refractivity contribution in [3.05, 3.63) is 29.8 Å². The van der Waals surface area contributed by atoms with Crippen molar-refractivity contribution in [2.24, 2.45) is 0 Å². The fourth-order valence-electron chi connectivity index (χ4n) is 1.61. The molecule has 0 aliphatic rings. The number of aliphatic carboxylic acids is 1. The van der Waals surface area contributed by atoms with E-state index in [4.69, 9.17) is 0 Å². The molecule has 0 saturated heterocycles. The van der Waals surface area contributed by atoms with E-state index in [-0.39, 0.29) is 0 Å². The van der Waals surface area contributed by atoms with Gasteiger partial charge in [-0.2, -0.15) is 0 Å². The molecule has 0 amide bonds. The van der Waals surface area contributed by atoms with E-state index in [2.05, 4.69) is 5.32 Å². The maximum Gasteiger partial charge on any atom is 0.323 e. The average Bonchev–Trinajstić information content (AvgIpc) is 2.40. The van der Waals surface area contributed by atoms with E-state index in [9.17, 15) is 18.7 Å². The zero-order valence-electron chi connectivity index (χ0n) is 11.6. The molecular weight excluding hydrogens is 284 g/mol. The summed E-state index contributed by atoms with van der Waals surface area (Å²) in [7, 11) is 0. The highest BCUT2D eigenvalue weighted by molar-refractivity contribution is 7.99. The molecule has 0 heterocycles. The molecule has 0 aliphatic heterocycles. The third kappa shape index (κ3) is 4.76. The zero-order valence-corrected chi connectivity index (χ0v) is 12.4. The van der Waals surface area contributed by atoms with Gasteiger partial charge in [0.1, 0.15) is 5.54 Å². The van der Waals surface area contributed by atoms with Gasteiger partial charge in [0.2, 0.25) is 0 Å². The molecule has 0 bridgehead atoms. The van der Waals surface area contributed by atoms with Gasteiger partial charge in [-0.15, -0.1) is 11.8 Å². The van der Waals surface area contributed by atoms with Gasteiger partial charge in [0.15, 0.2) is 11.6 Å². The van der Waals surface area contributed by atoms with Crippen molar-refractivity contribution in [3.8, 4) is 0 Å². The minimum atomic E-state index is -0.998. The molecule has 1 aromatic rings. The van der Waals surface area contributed by atoms with Crippen LogP contribution >= 0.6 is 11.8 Å². The van der Waals surface area contributed by atoms with Crippen molar-refractivity contribution in [3.63, 3.8) is 0 Å². The van der Waals surface area contributed by atoms with Crippen LogP contribution in [0, 0.1) is 11.6 Å². The molecule has 112 valence electrons. The summed E-state index contributed by atoms with van der Waals surface area (Å²) in [5, 5.41) is 12.3. The first-order valence-corrected chi connectivity index (χ1v) is 7.44. The van der Waals surface area contributed by atoms with Crippen molar-refractivity contribution in [1.29, 1.82) is 0 Å². The Kier molecular flexibility index (Phi) is 6.42. The van der Waals surface area contributed by atoms with Gasteiger partial charge in [0, 0.05) is 10.6 Å². The van der Waals surface area contributed by atoms with Crippen LogP contribution in [0.4, 0.5) is 8.78 Å². The minimum Gasteiger partial charge on any atom is -0.480 e. The monoisotopic (exact) mass is 303 g/mol. The Balaban J connectivity index is 2.55. The number of carboxylic acids is 1. The first kappa shape index (κ1) is 16.9. The van der Waals surface area contributed by atoms with E-state index < -0.39 is 23.1 Å². The smallest absolute Gasteiger partial charge is 0.323 e. The molecule has 0 saturated carbocycles. The van der Waals surface area contributed by atoms with Gasteiger partial charge in [-0.3, -0.25) is 4.79 Å². The Morgan fingerprint density at radius 1 is 1.40 bits per heavy atom. The normalized spacial score (nSPS) is 14.0. The van der Waals surface area contributed by atoms with Crippen LogP contribution in [0.15, 0.2) is 23.1 Å². The van der Waals surface area contributed by atoms with Gasteiger partial charge in [0.25, 0.3) is 0 Å². The summed E-state index contributed by atoms with van der Waals surface area (Å²) in [4.78, 5) is 11.9. The Labute approximate surface area is 121 Å². The topological polar surface area (TPSA) is 49.3 Å². The van der Waals surface area contributed by atoms with E-state index in [1.165, 1.54) is 17.8 Å². The van der Waals surface area contributed by atoms with Crippen molar-refractivity contribution in [2.75, 3.05) is 12.3 Å². The van der Waals surface area contributed by atoms with Gasteiger partial charge in [-0.25, -0.2) is 8.78 Å². The second-order valence-electron chi connectivity index (χ2n) is 4.74. The molecule has 0 fully saturated rings. The molecular formula is C14H19F2NO2S. The summed E-state index contributed by atoms with van der Waals surface area (Å²) in [6.07, 6.45) is 1.24. The molecule has 2 N–H and O–H groups in total. The maximum absolute atomic E-state index is 13.0. The molecule has 1 rings (SSSR count). The van der Waals surface area contributed by atoms with Crippen LogP contribution in [0.3, 0.4) is 0 Å². The predicted molar refractivity (Wildman–Crippen MR) is 76.0 cm³/mol. The SMILES string of the molecule is CCCNC(C)(CCSc1ccc(F)c(F)c1)C(=O)O. The number of carboxylic acid groups (broad SMARTS) is 1.